The van der Waals surface area contributed by atoms with Gasteiger partial charge in [0.15, 0.2) is 0 Å². The van der Waals surface area contributed by atoms with Gasteiger partial charge in [0.25, 0.3) is 0 Å². The third-order valence-corrected chi connectivity index (χ3v) is 20.6. The molecule has 6 heterocycles. The molecule has 23 nitrogen and oxygen atoms in total. The molecule has 5 unspecified atom stereocenters. The van der Waals surface area contributed by atoms with Crippen LogP contribution in [0.3, 0.4) is 0 Å². The second kappa shape index (κ2) is 23.9. The van der Waals surface area contributed by atoms with Crippen molar-refractivity contribution in [2.24, 2.45) is 11.3 Å². The van der Waals surface area contributed by atoms with Crippen LogP contribution in [-0.4, -0.2) is 196 Å². The fourth-order valence-electron chi connectivity index (χ4n) is 14.8. The minimum atomic E-state index is -2.02. The summed E-state index contributed by atoms with van der Waals surface area (Å²) in [4.78, 5) is 92.4. The van der Waals surface area contributed by atoms with Crippen LogP contribution < -0.4 is 31.3 Å². The predicted molar refractivity (Wildman–Crippen MR) is 301 cm³/mol. The Morgan fingerprint density at radius 3 is 2.37 bits per heavy atom. The number of methoxy groups -OCH3 is 2. The number of aliphatic carboxylic acids is 2. The minimum absolute atomic E-state index is 0.0000742. The summed E-state index contributed by atoms with van der Waals surface area (Å²) < 4.78 is 17.7. The van der Waals surface area contributed by atoms with Gasteiger partial charge in [-0.25, -0.2) is 19.8 Å². The molecule has 3 amide bonds. The summed E-state index contributed by atoms with van der Waals surface area (Å²) in [5, 5.41) is 63.1. The molecule has 0 radical (unpaired) electrons. The number of amides is 3. The lowest BCUT2D eigenvalue weighted by Gasteiger charge is -2.64. The Balaban J connectivity index is 0.959. The van der Waals surface area contributed by atoms with Crippen molar-refractivity contribution >= 4 is 74.0 Å². The summed E-state index contributed by atoms with van der Waals surface area (Å²) in [5.41, 5.74) is 3.20. The molecule has 5 aliphatic heterocycles. The van der Waals surface area contributed by atoms with Gasteiger partial charge >= 0.3 is 24.0 Å². The van der Waals surface area contributed by atoms with Gasteiger partial charge < -0.3 is 60.3 Å². The zero-order chi connectivity index (χ0) is 58.2. The fourth-order valence-corrected chi connectivity index (χ4v) is 16.8. The van der Waals surface area contributed by atoms with E-state index in [0.717, 1.165) is 55.0 Å². The van der Waals surface area contributed by atoms with E-state index in [0.29, 0.717) is 82.6 Å². The van der Waals surface area contributed by atoms with Crippen LogP contribution in [0.1, 0.15) is 88.1 Å². The average molecular weight is 1170 g/mol. The highest BCUT2D eigenvalue weighted by molar-refractivity contribution is 8.76. The molecule has 442 valence electrons. The van der Waals surface area contributed by atoms with E-state index in [1.807, 2.05) is 62.2 Å². The summed E-state index contributed by atoms with van der Waals surface area (Å²) in [5.74, 6) is -4.33. The van der Waals surface area contributed by atoms with Crippen LogP contribution in [-0.2, 0) is 55.5 Å². The number of esters is 1. The van der Waals surface area contributed by atoms with Crippen molar-refractivity contribution in [3.05, 3.63) is 70.9 Å². The predicted octanol–water partition coefficient (Wildman–Crippen LogP) is 2.73. The molecule has 1 aromatic heterocycles. The number of benzene rings is 2. The number of anilines is 1. The highest BCUT2D eigenvalue weighted by Crippen LogP contribution is 2.67. The first-order chi connectivity index (χ1) is 38.7. The number of fused-ring (bicyclic) bond motifs is 6. The third kappa shape index (κ3) is 10.6. The number of aromatic nitrogens is 1. The molecule has 2 aromatic carbocycles. The first kappa shape index (κ1) is 60.0. The quantitative estimate of drug-likeness (QED) is 0.0227. The summed E-state index contributed by atoms with van der Waals surface area (Å²) in [6.07, 6.45) is 4.03. The van der Waals surface area contributed by atoms with Crippen molar-refractivity contribution in [1.82, 2.24) is 36.4 Å². The molecular weight excluding hydrogens is 1090 g/mol. The second-order valence-electron chi connectivity index (χ2n) is 22.5. The standard InChI is InChI=1S/C56H76N8O15S2/c1-7-42(65)57-38(45(67)68)24-43(66)58-39(46(69)70)29-81-80-22-21-78-51(73)60-61-79-31-56(75)48-54(17-20-64-18-12-16-53(9-3,47(54)64)49(56)71)35-23-36(41(76-5)25-40(35)62(48)4)55(50(72)77-6)27-32-26-52(74,8-2)30-63(28-32)19-15-34-33-13-10-11-14-37(33)59-44(34)55/h10-14,16,23,25,32,38-39,47-49,59,61,71,74-75H,7-9,15,17-22,24,26-31H2,1-6H3,(H,57,65)(H,58,66)(H,60,73)(H,67,68)(H,69,70)/t32?,38-,39-,47?,48?,49+,52-,53+,54?,55-,56-/m0/s1. The van der Waals surface area contributed by atoms with Crippen LogP contribution in [0.5, 0.6) is 5.75 Å². The molecule has 1 saturated carbocycles. The Bertz CT molecular complexity index is 2930. The van der Waals surface area contributed by atoms with E-state index >= 15 is 4.79 Å². The van der Waals surface area contributed by atoms with Crippen molar-refractivity contribution in [3.8, 4) is 5.75 Å². The monoisotopic (exact) mass is 1160 g/mol. The van der Waals surface area contributed by atoms with E-state index in [1.54, 1.807) is 7.11 Å². The van der Waals surface area contributed by atoms with E-state index in [9.17, 15) is 49.5 Å². The van der Waals surface area contributed by atoms with Gasteiger partial charge in [-0.3, -0.25) is 29.0 Å². The zero-order valence-corrected chi connectivity index (χ0v) is 48.2. The molecule has 3 fully saturated rings. The normalized spacial score (nSPS) is 30.7. The number of hydrazine groups is 1. The second-order valence-corrected chi connectivity index (χ2v) is 25.2. The minimum Gasteiger partial charge on any atom is -0.496 e. The number of piperidine rings is 1. The van der Waals surface area contributed by atoms with Crippen LogP contribution >= 0.6 is 21.6 Å². The Morgan fingerprint density at radius 1 is 0.914 bits per heavy atom. The number of likely N-dealkylation sites (N-methyl/N-ethyl adjacent to an activating group) is 1. The lowest BCUT2D eigenvalue weighted by atomic mass is 9.48. The number of carbonyl (C=O) groups excluding carboxylic acids is 4. The van der Waals surface area contributed by atoms with Crippen LogP contribution in [0.4, 0.5) is 10.5 Å². The summed E-state index contributed by atoms with van der Waals surface area (Å²) >= 11 is 0. The third-order valence-electron chi connectivity index (χ3n) is 18.2. The number of para-hydroxylation sites is 1. The van der Waals surface area contributed by atoms with E-state index < -0.39 is 101 Å². The van der Waals surface area contributed by atoms with Crippen LogP contribution in [0.25, 0.3) is 10.9 Å². The van der Waals surface area contributed by atoms with E-state index in [2.05, 4.69) is 48.6 Å². The molecule has 1 aliphatic carbocycles. The number of nitrogens with one attached hydrogen (secondary N) is 5. The van der Waals surface area contributed by atoms with Crippen LogP contribution in [0.2, 0.25) is 0 Å². The maximum atomic E-state index is 15.5. The van der Waals surface area contributed by atoms with Gasteiger partial charge in [-0.1, -0.05) is 72.7 Å². The summed E-state index contributed by atoms with van der Waals surface area (Å²) in [6.45, 7) is 8.02. The number of hydrogen-bond donors (Lipinski definition) is 10. The van der Waals surface area contributed by atoms with Gasteiger partial charge in [0, 0.05) is 102 Å². The first-order valence-corrected chi connectivity index (χ1v) is 30.2. The SMILES string of the molecule is CCC(=O)N[C@@H](CC(=O)N[C@@H](CSSCCOC(=O)NNOC[C@]1(O)C2N(C)c3cc(OC)c([C@@]4(C(=O)OC)CC5CN(CCc6c4[nH]c4ccccc64)C[C@](O)(CC)C5)cc3C23CCN2CC=C[C@](CC)(C23)[C@H]1O)C(=O)O)C(=O)O. The number of hydrogen-bond acceptors (Lipinski definition) is 19. The Morgan fingerprint density at radius 2 is 1.67 bits per heavy atom. The van der Waals surface area contributed by atoms with Gasteiger partial charge in [-0.15, -0.1) is 5.59 Å². The number of aromatic amines is 1. The molecule has 3 aromatic rings. The number of carbonyl (C=O) groups is 6. The molecular formula is C56H76N8O15S2. The topological polar surface area (TPSA) is 314 Å². The number of rotatable bonds is 22. The fraction of sp³-hybridized carbons (Fsp3) is 0.607. The highest BCUT2D eigenvalue weighted by Gasteiger charge is 2.77. The average Bonchev–Trinajstić information content (AvgIpc) is 1.68. The van der Waals surface area contributed by atoms with Gasteiger partial charge in [-0.2, -0.15) is 0 Å². The number of H-pyrrole nitrogens is 1. The number of nitrogens with zero attached hydrogens (tertiary/aromatic N) is 3. The smallest absolute Gasteiger partial charge is 0.423 e. The number of aliphatic hydroxyl groups is 3. The first-order valence-electron chi connectivity index (χ1n) is 27.7. The molecule has 6 aliphatic rings. The largest absolute Gasteiger partial charge is 0.496 e. The molecule has 1 spiro atoms. The molecule has 25 heteroatoms. The molecule has 10 N–H and O–H groups in total. The molecule has 81 heavy (non-hydrogen) atoms. The Labute approximate surface area is 477 Å². The van der Waals surface area contributed by atoms with Crippen molar-refractivity contribution in [3.63, 3.8) is 0 Å². The van der Waals surface area contributed by atoms with Crippen molar-refractivity contribution < 1.29 is 73.3 Å². The molecule has 2 bridgehead atoms. The maximum Gasteiger partial charge on any atom is 0.423 e. The van der Waals surface area contributed by atoms with Crippen molar-refractivity contribution in [1.29, 1.82) is 0 Å². The maximum absolute atomic E-state index is 15.5. The number of ether oxygens (including phenoxy) is 3. The summed E-state index contributed by atoms with van der Waals surface area (Å²) in [6, 6.07) is 8.06. The van der Waals surface area contributed by atoms with E-state index in [-0.39, 0.29) is 36.5 Å². The molecule has 12 atom stereocenters. The Hall–Kier alpha value is -5.64. The number of aliphatic hydroxyl groups excluding tert-OH is 1. The highest BCUT2D eigenvalue weighted by atomic mass is 33.1. The lowest BCUT2D eigenvalue weighted by molar-refractivity contribution is -0.228. The van der Waals surface area contributed by atoms with Gasteiger partial charge in [0.2, 0.25) is 11.8 Å². The van der Waals surface area contributed by atoms with Crippen molar-refractivity contribution in [2.75, 3.05) is 83.6 Å². The van der Waals surface area contributed by atoms with Crippen LogP contribution in [0.15, 0.2) is 48.6 Å². The molecule has 9 rings (SSSR count). The van der Waals surface area contributed by atoms with Crippen molar-refractivity contribution in [2.45, 2.75) is 124 Å². The van der Waals surface area contributed by atoms with Gasteiger partial charge in [0.1, 0.15) is 42.1 Å². The van der Waals surface area contributed by atoms with Gasteiger partial charge in [-0.05, 0) is 74.2 Å². The lowest BCUT2D eigenvalue weighted by Crippen LogP contribution is -2.80. The number of carboxylic acid groups (broad SMARTS) is 2. The Kier molecular flexibility index (Phi) is 17.7. The van der Waals surface area contributed by atoms with Crippen LogP contribution in [0, 0.1) is 11.3 Å². The number of carboxylic acids is 2. The summed E-state index contributed by atoms with van der Waals surface area (Å²) in [7, 11) is 7.11. The molecule has 2 saturated heterocycles. The van der Waals surface area contributed by atoms with E-state index in [1.165, 1.54) is 14.0 Å². The van der Waals surface area contributed by atoms with E-state index in [4.69, 9.17) is 19.0 Å². The van der Waals surface area contributed by atoms with Gasteiger partial charge in [0.05, 0.1) is 38.4 Å². The zero-order valence-electron chi connectivity index (χ0n) is 46.6.